The number of allylic oxidation sites excluding steroid dienone is 2. The third-order valence-electron chi connectivity index (χ3n) is 5.86. The predicted octanol–water partition coefficient (Wildman–Crippen LogP) is 6.48. The smallest absolute Gasteiger partial charge is 0.146 e. The molecule has 0 bridgehead atoms. The van der Waals surface area contributed by atoms with Crippen molar-refractivity contribution in [3.8, 4) is 22.3 Å². The fourth-order valence-corrected chi connectivity index (χ4v) is 4.38. The highest BCUT2D eigenvalue weighted by atomic mass is 15.2. The molecule has 1 N–H and O–H groups in total. The number of benzene rings is 3. The lowest BCUT2D eigenvalue weighted by Gasteiger charge is -2.15. The average molecular weight is 399 g/mol. The van der Waals surface area contributed by atoms with Gasteiger partial charge in [-0.3, -0.25) is 4.57 Å². The summed E-state index contributed by atoms with van der Waals surface area (Å²) in [5.74, 6) is 1.06. The summed E-state index contributed by atoms with van der Waals surface area (Å²) in [4.78, 5) is 4.71. The van der Waals surface area contributed by atoms with E-state index in [2.05, 4.69) is 107 Å². The monoisotopic (exact) mass is 399 g/mol. The number of aromatic nitrogens is 2. The summed E-state index contributed by atoms with van der Waals surface area (Å²) in [7, 11) is 0. The molecule has 0 unspecified atom stereocenters. The van der Waals surface area contributed by atoms with Gasteiger partial charge in [0.2, 0.25) is 0 Å². The molecule has 148 valence electrons. The Morgan fingerprint density at radius 3 is 2.35 bits per heavy atom. The zero-order chi connectivity index (χ0) is 20.6. The highest BCUT2D eigenvalue weighted by Gasteiger charge is 2.15. The Balaban J connectivity index is 1.54. The fourth-order valence-electron chi connectivity index (χ4n) is 4.38. The van der Waals surface area contributed by atoms with E-state index in [1.54, 1.807) is 0 Å². The first-order chi connectivity index (χ1) is 15.4. The van der Waals surface area contributed by atoms with Crippen molar-refractivity contribution in [3.63, 3.8) is 0 Å². The number of hydrogen-bond acceptors (Lipinski definition) is 2. The van der Waals surface area contributed by atoms with Gasteiger partial charge in [-0.25, -0.2) is 4.98 Å². The van der Waals surface area contributed by atoms with Gasteiger partial charge >= 0.3 is 0 Å². The van der Waals surface area contributed by atoms with Gasteiger partial charge in [0.05, 0.1) is 5.52 Å². The van der Waals surface area contributed by atoms with E-state index in [0.29, 0.717) is 0 Å². The van der Waals surface area contributed by atoms with Crippen molar-refractivity contribution in [3.05, 3.63) is 109 Å². The van der Waals surface area contributed by atoms with Crippen molar-refractivity contribution in [2.75, 3.05) is 6.54 Å². The average Bonchev–Trinajstić information content (AvgIpc) is 3.19. The van der Waals surface area contributed by atoms with Gasteiger partial charge in [0.25, 0.3) is 0 Å². The van der Waals surface area contributed by atoms with E-state index in [4.69, 9.17) is 4.98 Å². The molecule has 3 heteroatoms. The maximum atomic E-state index is 4.71. The molecule has 2 aromatic heterocycles. The van der Waals surface area contributed by atoms with Crippen molar-refractivity contribution in [2.45, 2.75) is 0 Å². The molecular formula is C28H21N3. The summed E-state index contributed by atoms with van der Waals surface area (Å²) in [5.41, 5.74) is 7.01. The second kappa shape index (κ2) is 7.29. The van der Waals surface area contributed by atoms with Gasteiger partial charge in [-0.05, 0) is 58.7 Å². The lowest BCUT2D eigenvalue weighted by atomic mass is 9.98. The Morgan fingerprint density at radius 2 is 1.52 bits per heavy atom. The summed E-state index contributed by atoms with van der Waals surface area (Å²) in [6.45, 7) is 0.824. The maximum Gasteiger partial charge on any atom is 0.146 e. The van der Waals surface area contributed by atoms with Crippen molar-refractivity contribution in [1.82, 2.24) is 14.9 Å². The minimum absolute atomic E-state index is 0.824. The summed E-state index contributed by atoms with van der Waals surface area (Å²) >= 11 is 0. The largest absolute Gasteiger partial charge is 0.368 e. The van der Waals surface area contributed by atoms with Crippen LogP contribution in [0, 0.1) is 0 Å². The molecule has 0 spiro atoms. The highest BCUT2D eigenvalue weighted by Crippen LogP contribution is 2.34. The van der Waals surface area contributed by atoms with Crippen LogP contribution in [-0.4, -0.2) is 16.1 Å². The molecule has 3 aromatic carbocycles. The molecule has 1 aliphatic heterocycles. The molecule has 0 aliphatic carbocycles. The number of pyridine rings is 1. The first-order valence-corrected chi connectivity index (χ1v) is 10.5. The van der Waals surface area contributed by atoms with E-state index >= 15 is 0 Å². The Kier molecular flexibility index (Phi) is 4.17. The molecule has 3 heterocycles. The van der Waals surface area contributed by atoms with Crippen molar-refractivity contribution in [2.24, 2.45) is 0 Å². The molecule has 0 atom stereocenters. The Labute approximate surface area is 181 Å². The molecule has 3 nitrogen and oxygen atoms in total. The van der Waals surface area contributed by atoms with Crippen LogP contribution in [-0.2, 0) is 0 Å². The van der Waals surface area contributed by atoms with Crippen molar-refractivity contribution >= 4 is 27.8 Å². The zero-order valence-corrected chi connectivity index (χ0v) is 17.0. The summed E-state index contributed by atoms with van der Waals surface area (Å²) in [5, 5.41) is 5.85. The van der Waals surface area contributed by atoms with E-state index in [0.717, 1.165) is 28.9 Å². The minimum Gasteiger partial charge on any atom is -0.368 e. The van der Waals surface area contributed by atoms with Crippen LogP contribution in [0.2, 0.25) is 0 Å². The summed E-state index contributed by atoms with van der Waals surface area (Å²) in [6, 6.07) is 30.2. The van der Waals surface area contributed by atoms with Crippen LogP contribution in [0.5, 0.6) is 0 Å². The van der Waals surface area contributed by atoms with Crippen LogP contribution < -0.4 is 5.32 Å². The van der Waals surface area contributed by atoms with Gasteiger partial charge < -0.3 is 5.32 Å². The third-order valence-corrected chi connectivity index (χ3v) is 5.86. The van der Waals surface area contributed by atoms with Crippen LogP contribution in [0.1, 0.15) is 0 Å². The van der Waals surface area contributed by atoms with Gasteiger partial charge in [-0.2, -0.15) is 0 Å². The summed E-state index contributed by atoms with van der Waals surface area (Å²) < 4.78 is 2.22. The molecule has 0 saturated heterocycles. The quantitative estimate of drug-likeness (QED) is 0.376. The van der Waals surface area contributed by atoms with Gasteiger partial charge in [-0.1, -0.05) is 66.7 Å². The molecule has 6 rings (SSSR count). The topological polar surface area (TPSA) is 29.9 Å². The molecule has 31 heavy (non-hydrogen) atoms. The number of dihydropyridines is 1. The van der Waals surface area contributed by atoms with Crippen LogP contribution in [0.3, 0.4) is 0 Å². The molecule has 0 fully saturated rings. The minimum atomic E-state index is 0.824. The van der Waals surface area contributed by atoms with E-state index in [-0.39, 0.29) is 0 Å². The number of nitrogens with one attached hydrogen (secondary N) is 1. The Hall–Kier alpha value is -4.11. The van der Waals surface area contributed by atoms with Gasteiger partial charge in [0.15, 0.2) is 0 Å². The lowest BCUT2D eigenvalue weighted by molar-refractivity contribution is 0.916. The van der Waals surface area contributed by atoms with E-state index < -0.39 is 0 Å². The van der Waals surface area contributed by atoms with E-state index in [1.165, 1.54) is 27.6 Å². The Morgan fingerprint density at radius 1 is 0.710 bits per heavy atom. The number of nitrogens with zero attached hydrogens (tertiary/aromatic N) is 2. The van der Waals surface area contributed by atoms with Gasteiger partial charge in [0.1, 0.15) is 11.5 Å². The molecule has 0 saturated carbocycles. The lowest BCUT2D eigenvalue weighted by Crippen LogP contribution is -2.19. The third kappa shape index (κ3) is 3.03. The molecule has 1 aliphatic rings. The van der Waals surface area contributed by atoms with Crippen LogP contribution in [0.15, 0.2) is 109 Å². The maximum absolute atomic E-state index is 4.71. The fraction of sp³-hybridized carbons (Fsp3) is 0.0357. The molecule has 0 amide bonds. The second-order valence-electron chi connectivity index (χ2n) is 7.75. The molecule has 5 aromatic rings. The Bertz CT molecular complexity index is 1470. The van der Waals surface area contributed by atoms with Gasteiger partial charge in [-0.15, -0.1) is 0 Å². The normalized spacial score (nSPS) is 13.4. The number of rotatable bonds is 3. The van der Waals surface area contributed by atoms with Crippen LogP contribution >= 0.6 is 0 Å². The number of fused-ring (bicyclic) bond motifs is 3. The standard InChI is InChI=1S/C28H21N3/c1-2-8-20(9-3-1)21-10-6-11-22(18-21)23-14-15-26-25(19-23)24-12-7-17-30-28(24)31(26)27-13-4-5-16-29-27/h1-15,17-19,29H,16H2. The molecular weight excluding hydrogens is 378 g/mol. The van der Waals surface area contributed by atoms with Gasteiger partial charge in [0, 0.05) is 23.5 Å². The van der Waals surface area contributed by atoms with Crippen molar-refractivity contribution < 1.29 is 0 Å². The van der Waals surface area contributed by atoms with E-state index in [1.807, 2.05) is 12.3 Å². The number of hydrogen-bond donors (Lipinski definition) is 1. The van der Waals surface area contributed by atoms with Crippen LogP contribution in [0.25, 0.3) is 50.0 Å². The zero-order valence-electron chi connectivity index (χ0n) is 17.0. The SMILES string of the molecule is C1=CCNC(n2c3ccc(-c4cccc(-c5ccccc5)c4)cc3c3cccnc32)=C1. The second-order valence-corrected chi connectivity index (χ2v) is 7.75. The first-order valence-electron chi connectivity index (χ1n) is 10.5. The highest BCUT2D eigenvalue weighted by molar-refractivity contribution is 6.09. The molecule has 0 radical (unpaired) electrons. The summed E-state index contributed by atoms with van der Waals surface area (Å²) in [6.07, 6.45) is 8.17. The van der Waals surface area contributed by atoms with Crippen molar-refractivity contribution in [1.29, 1.82) is 0 Å². The predicted molar refractivity (Wildman–Crippen MR) is 130 cm³/mol. The first kappa shape index (κ1) is 17.7. The van der Waals surface area contributed by atoms with E-state index in [9.17, 15) is 0 Å². The van der Waals surface area contributed by atoms with Crippen LogP contribution in [0.4, 0.5) is 0 Å².